The lowest BCUT2D eigenvalue weighted by molar-refractivity contribution is 0.0948. The molecule has 4 N–H and O–H groups in total. The van der Waals surface area contributed by atoms with Gasteiger partial charge in [0.15, 0.2) is 16.3 Å². The first-order valence-corrected chi connectivity index (χ1v) is 9.72. The third kappa shape index (κ3) is 3.55. The minimum Gasteiger partial charge on any atom is -0.493 e. The molecule has 0 atom stereocenters. The Balaban J connectivity index is 1.55. The first-order chi connectivity index (χ1) is 14.5. The molecule has 4 aromatic rings. The summed E-state index contributed by atoms with van der Waals surface area (Å²) in [5.41, 5.74) is 2.31. The Kier molecular flexibility index (Phi) is 5.28. The van der Waals surface area contributed by atoms with Crippen molar-refractivity contribution in [2.75, 3.05) is 20.8 Å². The minimum absolute atomic E-state index is 0.208. The number of aromatic amines is 2. The fourth-order valence-electron chi connectivity index (χ4n) is 3.39. The molecule has 0 aliphatic rings. The molecule has 0 saturated heterocycles. The number of methoxy groups -OCH3 is 2. The third-order valence-corrected chi connectivity index (χ3v) is 5.25. The van der Waals surface area contributed by atoms with Crippen LogP contribution in [0.15, 0.2) is 42.5 Å². The maximum atomic E-state index is 12.5. The number of nitrogens with one attached hydrogen (secondary N) is 4. The van der Waals surface area contributed by atoms with Gasteiger partial charge < -0.3 is 29.3 Å². The molecule has 0 fully saturated rings. The van der Waals surface area contributed by atoms with Gasteiger partial charge in [-0.1, -0.05) is 18.2 Å². The largest absolute Gasteiger partial charge is 0.493 e. The predicted molar refractivity (Wildman–Crippen MR) is 117 cm³/mol. The summed E-state index contributed by atoms with van der Waals surface area (Å²) in [6, 6.07) is 13.0. The van der Waals surface area contributed by atoms with Crippen LogP contribution in [0.5, 0.6) is 11.5 Å². The number of para-hydroxylation sites is 1. The van der Waals surface area contributed by atoms with Crippen molar-refractivity contribution >= 4 is 39.9 Å². The van der Waals surface area contributed by atoms with Gasteiger partial charge in [-0.2, -0.15) is 0 Å². The molecule has 30 heavy (non-hydrogen) atoms. The predicted octanol–water partition coefficient (Wildman–Crippen LogP) is 3.11. The average molecular weight is 423 g/mol. The van der Waals surface area contributed by atoms with E-state index >= 15 is 0 Å². The zero-order valence-electron chi connectivity index (χ0n) is 16.5. The number of H-pyrrole nitrogens is 2. The van der Waals surface area contributed by atoms with Gasteiger partial charge in [0, 0.05) is 35.4 Å². The summed E-state index contributed by atoms with van der Waals surface area (Å²) in [7, 11) is 3.10. The summed E-state index contributed by atoms with van der Waals surface area (Å²) < 4.78 is 12.7. The van der Waals surface area contributed by atoms with Crippen molar-refractivity contribution in [3.8, 4) is 11.5 Å². The standard InChI is InChI=1S/C21H21N5O3S/c1-28-17-10-13-15(11-18(17)29-2)25-21(30)26(19(13)22)8-7-23-20(27)16-9-12-5-3-4-6-14(12)24-16/h3-6,9-11,22,24H,7-8H2,1-2H3,(H,23,27)(H,25,30). The van der Waals surface area contributed by atoms with Gasteiger partial charge in [-0.25, -0.2) is 0 Å². The Morgan fingerprint density at radius 3 is 2.57 bits per heavy atom. The van der Waals surface area contributed by atoms with Gasteiger partial charge in [-0.3, -0.25) is 10.2 Å². The topological polar surface area (TPSA) is 108 Å². The van der Waals surface area contributed by atoms with Gasteiger partial charge in [-0.05, 0) is 30.4 Å². The van der Waals surface area contributed by atoms with E-state index in [0.29, 0.717) is 46.0 Å². The molecular weight excluding hydrogens is 402 g/mol. The van der Waals surface area contributed by atoms with E-state index in [2.05, 4.69) is 15.3 Å². The third-order valence-electron chi connectivity index (χ3n) is 4.93. The van der Waals surface area contributed by atoms with Crippen molar-refractivity contribution in [3.63, 3.8) is 0 Å². The summed E-state index contributed by atoms with van der Waals surface area (Å²) in [6.07, 6.45) is 0. The monoisotopic (exact) mass is 423 g/mol. The molecule has 0 unspecified atom stereocenters. The first-order valence-electron chi connectivity index (χ1n) is 9.31. The minimum atomic E-state index is -0.208. The Bertz CT molecular complexity index is 1340. The van der Waals surface area contributed by atoms with E-state index in [-0.39, 0.29) is 11.4 Å². The first kappa shape index (κ1) is 19.7. The zero-order chi connectivity index (χ0) is 21.3. The quantitative estimate of drug-likeness (QED) is 0.357. The molecule has 0 aliphatic carbocycles. The van der Waals surface area contributed by atoms with Crippen LogP contribution >= 0.6 is 12.2 Å². The number of aromatic nitrogens is 3. The van der Waals surface area contributed by atoms with Gasteiger partial charge in [-0.15, -0.1) is 0 Å². The van der Waals surface area contributed by atoms with E-state index in [0.717, 1.165) is 10.9 Å². The smallest absolute Gasteiger partial charge is 0.267 e. The highest BCUT2D eigenvalue weighted by molar-refractivity contribution is 7.71. The Morgan fingerprint density at radius 1 is 1.10 bits per heavy atom. The molecule has 0 saturated carbocycles. The Labute approximate surface area is 177 Å². The molecule has 8 nitrogen and oxygen atoms in total. The molecule has 2 heterocycles. The van der Waals surface area contributed by atoms with Crippen LogP contribution < -0.4 is 20.3 Å². The van der Waals surface area contributed by atoms with Gasteiger partial charge in [0.1, 0.15) is 11.2 Å². The van der Waals surface area contributed by atoms with Crippen LogP contribution in [0.4, 0.5) is 0 Å². The summed E-state index contributed by atoms with van der Waals surface area (Å²) >= 11 is 5.42. The number of hydrogen-bond acceptors (Lipinski definition) is 5. The lowest BCUT2D eigenvalue weighted by Crippen LogP contribution is -2.32. The van der Waals surface area contributed by atoms with E-state index in [4.69, 9.17) is 27.1 Å². The summed E-state index contributed by atoms with van der Waals surface area (Å²) in [6.45, 7) is 0.672. The lowest BCUT2D eigenvalue weighted by atomic mass is 10.2. The number of carbonyl (C=O) groups excluding carboxylic acids is 1. The van der Waals surface area contributed by atoms with Crippen molar-refractivity contribution < 1.29 is 14.3 Å². The number of fused-ring (bicyclic) bond motifs is 2. The second-order valence-electron chi connectivity index (χ2n) is 6.71. The van der Waals surface area contributed by atoms with E-state index in [9.17, 15) is 4.79 Å². The Hall–Kier alpha value is -3.59. The van der Waals surface area contributed by atoms with Crippen LogP contribution in [0.1, 0.15) is 10.5 Å². The highest BCUT2D eigenvalue weighted by atomic mass is 32.1. The number of rotatable bonds is 6. The molecule has 9 heteroatoms. The highest BCUT2D eigenvalue weighted by Crippen LogP contribution is 2.29. The van der Waals surface area contributed by atoms with E-state index in [1.165, 1.54) is 0 Å². The van der Waals surface area contributed by atoms with E-state index in [1.807, 2.05) is 30.3 Å². The van der Waals surface area contributed by atoms with Gasteiger partial charge in [0.05, 0.1) is 19.7 Å². The number of amides is 1. The molecule has 1 amide bonds. The molecule has 2 aromatic heterocycles. The molecule has 4 rings (SSSR count). The number of carbonyl (C=O) groups is 1. The molecule has 0 spiro atoms. The van der Waals surface area contributed by atoms with Crippen molar-refractivity contribution in [1.82, 2.24) is 19.9 Å². The van der Waals surface area contributed by atoms with Crippen LogP contribution in [-0.4, -0.2) is 41.2 Å². The molecule has 154 valence electrons. The van der Waals surface area contributed by atoms with Gasteiger partial charge >= 0.3 is 0 Å². The fourth-order valence-corrected chi connectivity index (χ4v) is 3.69. The van der Waals surface area contributed by atoms with Crippen LogP contribution in [-0.2, 0) is 6.54 Å². The van der Waals surface area contributed by atoms with E-state index < -0.39 is 0 Å². The van der Waals surface area contributed by atoms with Crippen LogP contribution in [0.25, 0.3) is 21.8 Å². The van der Waals surface area contributed by atoms with Crippen molar-refractivity contribution in [2.24, 2.45) is 0 Å². The second kappa shape index (κ2) is 8.03. The van der Waals surface area contributed by atoms with Crippen LogP contribution in [0.3, 0.4) is 0 Å². The summed E-state index contributed by atoms with van der Waals surface area (Å²) in [4.78, 5) is 18.7. The zero-order valence-corrected chi connectivity index (χ0v) is 17.4. The number of benzene rings is 2. The van der Waals surface area contributed by atoms with Gasteiger partial charge in [0.2, 0.25) is 0 Å². The van der Waals surface area contributed by atoms with Crippen molar-refractivity contribution in [3.05, 3.63) is 58.4 Å². The molecule has 2 aromatic carbocycles. The second-order valence-corrected chi connectivity index (χ2v) is 7.10. The van der Waals surface area contributed by atoms with E-state index in [1.54, 1.807) is 30.9 Å². The number of hydrogen-bond donors (Lipinski definition) is 4. The molecular formula is C21H21N5O3S. The SMILES string of the molecule is COc1cc2[nH]c(=S)n(CCNC(=O)c3cc4ccccc4[nH]3)c(=N)c2cc1OC. The molecule has 0 radical (unpaired) electrons. The highest BCUT2D eigenvalue weighted by Gasteiger charge is 2.11. The van der Waals surface area contributed by atoms with Gasteiger partial charge in [0.25, 0.3) is 5.91 Å². The summed E-state index contributed by atoms with van der Waals surface area (Å²) in [5, 5.41) is 13.1. The maximum absolute atomic E-state index is 12.5. The average Bonchev–Trinajstić information content (AvgIpc) is 3.19. The fraction of sp³-hybridized carbons (Fsp3) is 0.190. The Morgan fingerprint density at radius 2 is 1.83 bits per heavy atom. The lowest BCUT2D eigenvalue weighted by Gasteiger charge is -2.13. The summed E-state index contributed by atoms with van der Waals surface area (Å²) in [5.74, 6) is 0.876. The molecule has 0 bridgehead atoms. The maximum Gasteiger partial charge on any atom is 0.267 e. The molecule has 0 aliphatic heterocycles. The van der Waals surface area contributed by atoms with Crippen molar-refractivity contribution in [2.45, 2.75) is 6.54 Å². The normalized spacial score (nSPS) is 11.0. The van der Waals surface area contributed by atoms with Crippen LogP contribution in [0.2, 0.25) is 0 Å². The van der Waals surface area contributed by atoms with Crippen molar-refractivity contribution in [1.29, 1.82) is 5.41 Å². The number of ether oxygens (including phenoxy) is 2. The van der Waals surface area contributed by atoms with Crippen LogP contribution in [0, 0.1) is 10.2 Å². The number of nitrogens with zero attached hydrogens (tertiary/aromatic N) is 1.